The molecule has 1 aromatic carbocycles. The first-order valence-electron chi connectivity index (χ1n) is 10.4. The lowest BCUT2D eigenvalue weighted by atomic mass is 10.2. The van der Waals surface area contributed by atoms with Gasteiger partial charge < -0.3 is 26.8 Å². The number of aromatic hydroxyl groups is 1. The standard InChI is InChI=1S/C21H26N8O3S/c1-12(11-33)26-16(30)3-2-8-23-19(31)13-4-6-14(7-5-13)24-9-15-10-25-18-17(27-15)20(32)29-21(22)28-18/h4-7,10,12,24,33H,2-3,8-9,11H2,1H3,(H,23,31)(H,26,30)(H3,22,25,28,29,32). The van der Waals surface area contributed by atoms with Gasteiger partial charge in [0.2, 0.25) is 17.7 Å². The molecule has 3 aromatic rings. The number of nitrogen functional groups attached to an aromatic ring is 1. The third-order valence-corrected chi connectivity index (χ3v) is 5.17. The predicted molar refractivity (Wildman–Crippen MR) is 128 cm³/mol. The Labute approximate surface area is 196 Å². The van der Waals surface area contributed by atoms with Gasteiger partial charge in [-0.2, -0.15) is 22.6 Å². The first kappa shape index (κ1) is 24.0. The lowest BCUT2D eigenvalue weighted by Gasteiger charge is -2.11. The fourth-order valence-corrected chi connectivity index (χ4v) is 3.00. The van der Waals surface area contributed by atoms with Gasteiger partial charge in [0, 0.05) is 36.0 Å². The van der Waals surface area contributed by atoms with Gasteiger partial charge in [-0.1, -0.05) is 0 Å². The first-order valence-corrected chi connectivity index (χ1v) is 11.0. The van der Waals surface area contributed by atoms with Crippen molar-refractivity contribution < 1.29 is 14.7 Å². The summed E-state index contributed by atoms with van der Waals surface area (Å²) in [6, 6.07) is 6.98. The molecule has 0 saturated carbocycles. The van der Waals surface area contributed by atoms with Crippen LogP contribution in [0, 0.1) is 0 Å². The Morgan fingerprint density at radius 3 is 2.67 bits per heavy atom. The maximum atomic E-state index is 12.3. The van der Waals surface area contributed by atoms with Crippen molar-refractivity contribution in [2.45, 2.75) is 32.4 Å². The molecule has 33 heavy (non-hydrogen) atoms. The largest absolute Gasteiger partial charge is 0.492 e. The average molecular weight is 471 g/mol. The number of anilines is 2. The van der Waals surface area contributed by atoms with E-state index in [4.69, 9.17) is 5.73 Å². The summed E-state index contributed by atoms with van der Waals surface area (Å²) in [6.07, 6.45) is 2.43. The van der Waals surface area contributed by atoms with Crippen molar-refractivity contribution in [3.05, 3.63) is 41.7 Å². The number of nitrogens with two attached hydrogens (primary N) is 1. The summed E-state index contributed by atoms with van der Waals surface area (Å²) in [4.78, 5) is 40.0. The molecular weight excluding hydrogens is 444 g/mol. The molecule has 2 aromatic heterocycles. The van der Waals surface area contributed by atoms with E-state index >= 15 is 0 Å². The van der Waals surface area contributed by atoms with Crippen LogP contribution in [0.25, 0.3) is 11.2 Å². The summed E-state index contributed by atoms with van der Waals surface area (Å²) in [5, 5.41) is 18.7. The second kappa shape index (κ2) is 11.3. The normalized spacial score (nSPS) is 11.7. The Kier molecular flexibility index (Phi) is 8.19. The summed E-state index contributed by atoms with van der Waals surface area (Å²) < 4.78 is 0. The highest BCUT2D eigenvalue weighted by molar-refractivity contribution is 7.80. The number of thiol groups is 1. The fraction of sp³-hybridized carbons (Fsp3) is 0.333. The monoisotopic (exact) mass is 470 g/mol. The van der Waals surface area contributed by atoms with Crippen LogP contribution in [0.5, 0.6) is 5.88 Å². The average Bonchev–Trinajstić information content (AvgIpc) is 2.80. The van der Waals surface area contributed by atoms with Crippen LogP contribution in [0.2, 0.25) is 0 Å². The third-order valence-electron chi connectivity index (χ3n) is 4.62. The van der Waals surface area contributed by atoms with Gasteiger partial charge in [0.25, 0.3) is 5.91 Å². The van der Waals surface area contributed by atoms with E-state index in [0.29, 0.717) is 42.9 Å². The molecule has 2 amide bonds. The highest BCUT2D eigenvalue weighted by atomic mass is 32.1. The molecule has 6 N–H and O–H groups in total. The summed E-state index contributed by atoms with van der Waals surface area (Å²) in [5.41, 5.74) is 7.74. The molecule has 11 nitrogen and oxygen atoms in total. The first-order chi connectivity index (χ1) is 15.9. The van der Waals surface area contributed by atoms with E-state index in [9.17, 15) is 14.7 Å². The van der Waals surface area contributed by atoms with E-state index in [2.05, 4.69) is 48.5 Å². The maximum Gasteiger partial charge on any atom is 0.251 e. The molecule has 1 atom stereocenters. The van der Waals surface area contributed by atoms with Gasteiger partial charge in [0.05, 0.1) is 18.4 Å². The van der Waals surface area contributed by atoms with Gasteiger partial charge in [-0.15, -0.1) is 0 Å². The van der Waals surface area contributed by atoms with Gasteiger partial charge in [-0.05, 0) is 37.6 Å². The summed E-state index contributed by atoms with van der Waals surface area (Å²) in [5.74, 6) is -0.0781. The van der Waals surface area contributed by atoms with Crippen LogP contribution in [-0.4, -0.2) is 55.2 Å². The van der Waals surface area contributed by atoms with Crippen LogP contribution < -0.4 is 21.7 Å². The van der Waals surface area contributed by atoms with Gasteiger partial charge in [0.15, 0.2) is 11.2 Å². The van der Waals surface area contributed by atoms with Crippen LogP contribution >= 0.6 is 12.6 Å². The van der Waals surface area contributed by atoms with E-state index in [1.54, 1.807) is 24.3 Å². The van der Waals surface area contributed by atoms with Crippen molar-refractivity contribution in [3.63, 3.8) is 0 Å². The second-order valence-electron chi connectivity index (χ2n) is 7.38. The van der Waals surface area contributed by atoms with Crippen molar-refractivity contribution in [2.75, 3.05) is 23.3 Å². The molecule has 0 fully saturated rings. The van der Waals surface area contributed by atoms with Gasteiger partial charge in [-0.25, -0.2) is 9.97 Å². The number of aromatic nitrogens is 4. The zero-order valence-electron chi connectivity index (χ0n) is 18.1. The SMILES string of the molecule is CC(CS)NC(=O)CCCNC(=O)c1ccc(NCc2cnc3nc(N)nc(O)c3n2)cc1. The lowest BCUT2D eigenvalue weighted by Crippen LogP contribution is -2.34. The van der Waals surface area contributed by atoms with E-state index in [1.807, 2.05) is 6.92 Å². The van der Waals surface area contributed by atoms with Crippen LogP contribution in [0.15, 0.2) is 30.5 Å². The fourth-order valence-electron chi connectivity index (χ4n) is 2.91. The number of amides is 2. The quantitative estimate of drug-likeness (QED) is 0.189. The Morgan fingerprint density at radius 2 is 1.94 bits per heavy atom. The minimum atomic E-state index is -0.324. The van der Waals surface area contributed by atoms with Gasteiger partial charge in [-0.3, -0.25) is 9.59 Å². The minimum Gasteiger partial charge on any atom is -0.492 e. The molecule has 0 saturated heterocycles. The van der Waals surface area contributed by atoms with Crippen molar-refractivity contribution in [3.8, 4) is 5.88 Å². The molecule has 0 aliphatic rings. The second-order valence-corrected chi connectivity index (χ2v) is 7.75. The van der Waals surface area contributed by atoms with Crippen molar-refractivity contribution in [2.24, 2.45) is 0 Å². The highest BCUT2D eigenvalue weighted by Crippen LogP contribution is 2.18. The highest BCUT2D eigenvalue weighted by Gasteiger charge is 2.10. The van der Waals surface area contributed by atoms with Gasteiger partial charge in [0.1, 0.15) is 0 Å². The zero-order chi connectivity index (χ0) is 23.8. The predicted octanol–water partition coefficient (Wildman–Crippen LogP) is 1.26. The molecule has 0 bridgehead atoms. The molecule has 0 spiro atoms. The summed E-state index contributed by atoms with van der Waals surface area (Å²) >= 11 is 4.13. The van der Waals surface area contributed by atoms with E-state index < -0.39 is 0 Å². The molecular formula is C21H26N8O3S. The number of carbonyl (C=O) groups excluding carboxylic acids is 2. The molecule has 0 radical (unpaired) electrons. The smallest absolute Gasteiger partial charge is 0.251 e. The van der Waals surface area contributed by atoms with E-state index in [-0.39, 0.29) is 40.8 Å². The third kappa shape index (κ3) is 6.91. The lowest BCUT2D eigenvalue weighted by molar-refractivity contribution is -0.121. The Balaban J connectivity index is 1.46. The number of carbonyl (C=O) groups is 2. The van der Waals surface area contributed by atoms with Gasteiger partial charge >= 0.3 is 0 Å². The van der Waals surface area contributed by atoms with Crippen molar-refractivity contribution in [1.82, 2.24) is 30.6 Å². The number of nitrogens with one attached hydrogen (secondary N) is 3. The number of hydrogen-bond donors (Lipinski definition) is 6. The molecule has 174 valence electrons. The van der Waals surface area contributed by atoms with Crippen LogP contribution in [0.3, 0.4) is 0 Å². The molecule has 3 rings (SSSR count). The summed E-state index contributed by atoms with van der Waals surface area (Å²) in [6.45, 7) is 2.63. The van der Waals surface area contributed by atoms with Crippen molar-refractivity contribution in [1.29, 1.82) is 0 Å². The number of fused-ring (bicyclic) bond motifs is 1. The van der Waals surface area contributed by atoms with E-state index in [1.165, 1.54) is 6.20 Å². The molecule has 12 heteroatoms. The number of benzene rings is 1. The topological polar surface area (TPSA) is 168 Å². The van der Waals surface area contributed by atoms with Crippen LogP contribution in [0.4, 0.5) is 11.6 Å². The number of hydrogen-bond acceptors (Lipinski definition) is 10. The minimum absolute atomic E-state index is 0.0244. The van der Waals surface area contributed by atoms with E-state index in [0.717, 1.165) is 5.69 Å². The van der Waals surface area contributed by atoms with Crippen LogP contribution in [0.1, 0.15) is 35.8 Å². The molecule has 1 unspecified atom stereocenters. The number of rotatable bonds is 10. The Hall–Kier alpha value is -3.67. The molecule has 0 aliphatic carbocycles. The Morgan fingerprint density at radius 1 is 1.18 bits per heavy atom. The maximum absolute atomic E-state index is 12.3. The molecule has 2 heterocycles. The van der Waals surface area contributed by atoms with Crippen molar-refractivity contribution >= 4 is 47.2 Å². The van der Waals surface area contributed by atoms with Crippen LogP contribution in [-0.2, 0) is 11.3 Å². The zero-order valence-corrected chi connectivity index (χ0v) is 19.0. The Bertz CT molecular complexity index is 1130. The number of nitrogens with zero attached hydrogens (tertiary/aromatic N) is 4. The summed E-state index contributed by atoms with van der Waals surface area (Å²) in [7, 11) is 0. The molecule has 0 aliphatic heterocycles.